The molecule has 1 aromatic carbocycles. The molecule has 0 fully saturated rings. The minimum atomic E-state index is 0.585. The van der Waals surface area contributed by atoms with Crippen molar-refractivity contribution in [2.24, 2.45) is 0 Å². The Morgan fingerprint density at radius 1 is 1.21 bits per heavy atom. The molecule has 2 aromatic rings. The molecule has 4 nitrogen and oxygen atoms in total. The third-order valence-corrected chi connectivity index (χ3v) is 4.46. The van der Waals surface area contributed by atoms with Crippen LogP contribution in [0, 0.1) is 6.92 Å². The van der Waals surface area contributed by atoms with Crippen LogP contribution in [0.4, 0.5) is 17.5 Å². The van der Waals surface area contributed by atoms with E-state index in [1.807, 2.05) is 31.2 Å². The van der Waals surface area contributed by atoms with Crippen LogP contribution in [0.3, 0.4) is 0 Å². The van der Waals surface area contributed by atoms with E-state index in [0.717, 1.165) is 35.1 Å². The van der Waals surface area contributed by atoms with Crippen molar-refractivity contribution in [3.63, 3.8) is 0 Å². The first-order valence-corrected chi connectivity index (χ1v) is 8.86. The van der Waals surface area contributed by atoms with Gasteiger partial charge >= 0.3 is 0 Å². The molecule has 1 aromatic heterocycles. The van der Waals surface area contributed by atoms with Crippen LogP contribution in [0.1, 0.15) is 37.7 Å². The van der Waals surface area contributed by atoms with E-state index in [1.54, 1.807) is 11.8 Å². The molecular formula is C19H23ClN4. The third kappa shape index (κ3) is 4.71. The number of nitrogens with one attached hydrogen (secondary N) is 2. The molecule has 0 spiro atoms. The second-order valence-electron chi connectivity index (χ2n) is 6.13. The van der Waals surface area contributed by atoms with Gasteiger partial charge in [-0.2, -0.15) is 4.98 Å². The van der Waals surface area contributed by atoms with Crippen LogP contribution >= 0.6 is 11.6 Å². The van der Waals surface area contributed by atoms with E-state index in [0.29, 0.717) is 5.95 Å². The molecule has 0 bridgehead atoms. The highest BCUT2D eigenvalue weighted by atomic mass is 35.5. The fraction of sp³-hybridized carbons (Fsp3) is 0.368. The second kappa shape index (κ2) is 8.15. The lowest BCUT2D eigenvalue weighted by Gasteiger charge is -2.13. The number of benzene rings is 1. The molecule has 1 aliphatic carbocycles. The predicted molar refractivity (Wildman–Crippen MR) is 101 cm³/mol. The SMILES string of the molecule is Cc1cc(Cl)ccc1Nc1nccc(NCCC2=CCCCC2)n1. The number of allylic oxidation sites excluding steroid dienone is 1. The molecule has 0 atom stereocenters. The lowest BCUT2D eigenvalue weighted by Crippen LogP contribution is -2.07. The normalized spacial score (nSPS) is 14.2. The molecule has 5 heteroatoms. The summed E-state index contributed by atoms with van der Waals surface area (Å²) in [5.41, 5.74) is 3.59. The van der Waals surface area contributed by atoms with Gasteiger partial charge in [0.1, 0.15) is 5.82 Å². The maximum Gasteiger partial charge on any atom is 0.229 e. The summed E-state index contributed by atoms with van der Waals surface area (Å²) in [6, 6.07) is 7.62. The Bertz CT molecular complexity index is 727. The summed E-state index contributed by atoms with van der Waals surface area (Å²) in [5, 5.41) is 7.36. The number of halogens is 1. The average Bonchev–Trinajstić information content (AvgIpc) is 2.59. The minimum Gasteiger partial charge on any atom is -0.370 e. The van der Waals surface area contributed by atoms with Gasteiger partial charge in [0, 0.05) is 23.5 Å². The molecule has 126 valence electrons. The zero-order chi connectivity index (χ0) is 16.8. The Morgan fingerprint density at radius 3 is 2.92 bits per heavy atom. The summed E-state index contributed by atoms with van der Waals surface area (Å²) < 4.78 is 0. The van der Waals surface area contributed by atoms with Crippen molar-refractivity contribution >= 4 is 29.1 Å². The Labute approximate surface area is 148 Å². The van der Waals surface area contributed by atoms with E-state index in [2.05, 4.69) is 26.7 Å². The van der Waals surface area contributed by atoms with Gasteiger partial charge in [0.05, 0.1) is 0 Å². The molecule has 0 saturated heterocycles. The summed E-state index contributed by atoms with van der Waals surface area (Å²) in [6.45, 7) is 2.91. The van der Waals surface area contributed by atoms with Crippen molar-refractivity contribution in [1.29, 1.82) is 0 Å². The van der Waals surface area contributed by atoms with Crippen molar-refractivity contribution in [2.45, 2.75) is 39.0 Å². The average molecular weight is 343 g/mol. The van der Waals surface area contributed by atoms with Crippen LogP contribution in [-0.2, 0) is 0 Å². The molecule has 0 unspecified atom stereocenters. The fourth-order valence-electron chi connectivity index (χ4n) is 2.89. The van der Waals surface area contributed by atoms with Gasteiger partial charge in [0.25, 0.3) is 0 Å². The summed E-state index contributed by atoms with van der Waals surface area (Å²) >= 11 is 5.99. The molecule has 0 aliphatic heterocycles. The standard InChI is InChI=1S/C19H23ClN4/c1-14-13-16(20)7-8-17(14)23-19-22-12-10-18(24-19)21-11-9-15-5-3-2-4-6-15/h5,7-8,10,12-13H,2-4,6,9,11H2,1H3,(H2,21,22,23,24). The summed E-state index contributed by atoms with van der Waals surface area (Å²) in [5.74, 6) is 1.43. The number of hydrogen-bond acceptors (Lipinski definition) is 4. The first-order valence-electron chi connectivity index (χ1n) is 8.49. The summed E-state index contributed by atoms with van der Waals surface area (Å²) in [7, 11) is 0. The Balaban J connectivity index is 1.58. The highest BCUT2D eigenvalue weighted by molar-refractivity contribution is 6.30. The van der Waals surface area contributed by atoms with E-state index in [4.69, 9.17) is 11.6 Å². The van der Waals surface area contributed by atoms with Gasteiger partial charge in [0.2, 0.25) is 5.95 Å². The maximum absolute atomic E-state index is 5.99. The Hall–Kier alpha value is -2.07. The fourth-order valence-corrected chi connectivity index (χ4v) is 3.11. The third-order valence-electron chi connectivity index (χ3n) is 4.23. The monoisotopic (exact) mass is 342 g/mol. The first kappa shape index (κ1) is 16.8. The van der Waals surface area contributed by atoms with Gasteiger partial charge < -0.3 is 10.6 Å². The number of anilines is 3. The minimum absolute atomic E-state index is 0.585. The highest BCUT2D eigenvalue weighted by Crippen LogP contribution is 2.23. The lowest BCUT2D eigenvalue weighted by atomic mass is 9.97. The number of rotatable bonds is 6. The number of hydrogen-bond donors (Lipinski definition) is 2. The van der Waals surface area contributed by atoms with Gasteiger partial charge in [-0.15, -0.1) is 0 Å². The summed E-state index contributed by atoms with van der Waals surface area (Å²) in [6.07, 6.45) is 10.4. The molecule has 3 rings (SSSR count). The molecular weight excluding hydrogens is 320 g/mol. The topological polar surface area (TPSA) is 49.8 Å². The quantitative estimate of drug-likeness (QED) is 0.682. The van der Waals surface area contributed by atoms with E-state index in [-0.39, 0.29) is 0 Å². The van der Waals surface area contributed by atoms with Crippen LogP contribution in [0.2, 0.25) is 5.02 Å². The number of aromatic nitrogens is 2. The van der Waals surface area contributed by atoms with Gasteiger partial charge in [0.15, 0.2) is 0 Å². The Morgan fingerprint density at radius 2 is 2.12 bits per heavy atom. The van der Waals surface area contributed by atoms with Gasteiger partial charge in [-0.25, -0.2) is 4.98 Å². The molecule has 0 radical (unpaired) electrons. The zero-order valence-electron chi connectivity index (χ0n) is 14.0. The smallest absolute Gasteiger partial charge is 0.229 e. The first-order chi connectivity index (χ1) is 11.7. The van der Waals surface area contributed by atoms with Crippen molar-refractivity contribution < 1.29 is 0 Å². The second-order valence-corrected chi connectivity index (χ2v) is 6.57. The Kier molecular flexibility index (Phi) is 5.70. The van der Waals surface area contributed by atoms with Crippen molar-refractivity contribution in [3.8, 4) is 0 Å². The van der Waals surface area contributed by atoms with E-state index < -0.39 is 0 Å². The van der Waals surface area contributed by atoms with Gasteiger partial charge in [-0.1, -0.05) is 23.3 Å². The number of aryl methyl sites for hydroxylation is 1. The van der Waals surface area contributed by atoms with Crippen LogP contribution in [0.15, 0.2) is 42.1 Å². The molecule has 0 saturated carbocycles. The van der Waals surface area contributed by atoms with E-state index in [9.17, 15) is 0 Å². The molecule has 1 aliphatic rings. The molecule has 24 heavy (non-hydrogen) atoms. The van der Waals surface area contributed by atoms with Crippen molar-refractivity contribution in [2.75, 3.05) is 17.2 Å². The highest BCUT2D eigenvalue weighted by Gasteiger charge is 2.05. The predicted octanol–water partition coefficient (Wildman–Crippen LogP) is 5.48. The number of nitrogens with zero attached hydrogens (tertiary/aromatic N) is 2. The van der Waals surface area contributed by atoms with Crippen LogP contribution < -0.4 is 10.6 Å². The van der Waals surface area contributed by atoms with E-state index >= 15 is 0 Å². The maximum atomic E-state index is 5.99. The zero-order valence-corrected chi connectivity index (χ0v) is 14.7. The van der Waals surface area contributed by atoms with Crippen molar-refractivity contribution in [1.82, 2.24) is 9.97 Å². The van der Waals surface area contributed by atoms with Gasteiger partial charge in [-0.05, 0) is 68.9 Å². The molecule has 1 heterocycles. The van der Waals surface area contributed by atoms with E-state index in [1.165, 1.54) is 25.7 Å². The van der Waals surface area contributed by atoms with Gasteiger partial charge in [-0.3, -0.25) is 0 Å². The van der Waals surface area contributed by atoms with Crippen LogP contribution in [0.5, 0.6) is 0 Å². The molecule has 2 N–H and O–H groups in total. The van der Waals surface area contributed by atoms with Crippen LogP contribution in [0.25, 0.3) is 0 Å². The summed E-state index contributed by atoms with van der Waals surface area (Å²) in [4.78, 5) is 8.82. The van der Waals surface area contributed by atoms with Crippen LogP contribution in [-0.4, -0.2) is 16.5 Å². The molecule has 0 amide bonds. The lowest BCUT2D eigenvalue weighted by molar-refractivity contribution is 0.679. The van der Waals surface area contributed by atoms with Crippen molar-refractivity contribution in [3.05, 3.63) is 52.7 Å². The largest absolute Gasteiger partial charge is 0.370 e.